The third-order valence-electron chi connectivity index (χ3n) is 5.65. The minimum absolute atomic E-state index is 0.0104. The Kier molecular flexibility index (Phi) is 5.33. The zero-order valence-electron chi connectivity index (χ0n) is 15.4. The summed E-state index contributed by atoms with van der Waals surface area (Å²) >= 11 is 0. The van der Waals surface area contributed by atoms with Crippen LogP contribution >= 0.6 is 0 Å². The molecule has 4 nitrogen and oxygen atoms in total. The van der Waals surface area contributed by atoms with Crippen LogP contribution in [0.4, 0.5) is 0 Å². The maximum Gasteiger partial charge on any atom is 0.311 e. The number of benzene rings is 1. The minimum Gasteiger partial charge on any atom is -0.494 e. The normalized spacial score (nSPS) is 31.3. The first-order valence-corrected chi connectivity index (χ1v) is 9.86. The van der Waals surface area contributed by atoms with Gasteiger partial charge in [-0.3, -0.25) is 4.79 Å². The minimum atomic E-state index is -0.754. The maximum absolute atomic E-state index is 10.9. The van der Waals surface area contributed by atoms with Crippen molar-refractivity contribution in [2.45, 2.75) is 50.7 Å². The Bertz CT molecular complexity index is 762. The first kappa shape index (κ1) is 17.9. The van der Waals surface area contributed by atoms with E-state index in [1.165, 1.54) is 18.4 Å². The molecule has 1 aromatic rings. The van der Waals surface area contributed by atoms with E-state index < -0.39 is 5.97 Å². The second kappa shape index (κ2) is 8.03. The molecule has 3 aliphatic rings. The summed E-state index contributed by atoms with van der Waals surface area (Å²) in [5.74, 6) is 0.420. The van der Waals surface area contributed by atoms with E-state index in [4.69, 9.17) is 14.6 Å². The molecule has 0 spiro atoms. The molecule has 0 aromatic heterocycles. The van der Waals surface area contributed by atoms with Gasteiger partial charge in [0.05, 0.1) is 18.3 Å². The summed E-state index contributed by atoms with van der Waals surface area (Å²) in [7, 11) is 0. The number of hydrogen-bond donors (Lipinski definition) is 1. The van der Waals surface area contributed by atoms with Crippen molar-refractivity contribution in [1.82, 2.24) is 0 Å². The molecule has 4 atom stereocenters. The molecule has 0 aliphatic heterocycles. The number of hydrogen-bond acceptors (Lipinski definition) is 3. The van der Waals surface area contributed by atoms with E-state index in [-0.39, 0.29) is 18.1 Å². The lowest BCUT2D eigenvalue weighted by Crippen LogP contribution is -2.26. The number of aliphatic carboxylic acids is 1. The molecular weight excluding hydrogens is 340 g/mol. The molecule has 0 amide bonds. The summed E-state index contributed by atoms with van der Waals surface area (Å²) in [6.07, 6.45) is 14.5. The Morgan fingerprint density at radius 3 is 2.74 bits per heavy atom. The molecule has 4 heteroatoms. The third-order valence-corrected chi connectivity index (χ3v) is 5.65. The highest BCUT2D eigenvalue weighted by Crippen LogP contribution is 2.38. The molecule has 3 aliphatic carbocycles. The van der Waals surface area contributed by atoms with Crippen molar-refractivity contribution < 1.29 is 19.4 Å². The van der Waals surface area contributed by atoms with Gasteiger partial charge in [-0.2, -0.15) is 0 Å². The van der Waals surface area contributed by atoms with Crippen molar-refractivity contribution in [1.29, 1.82) is 0 Å². The van der Waals surface area contributed by atoms with Crippen molar-refractivity contribution in [2.75, 3.05) is 0 Å². The predicted octanol–water partition coefficient (Wildman–Crippen LogP) is 4.88. The Labute approximate surface area is 160 Å². The predicted molar refractivity (Wildman–Crippen MR) is 103 cm³/mol. The Morgan fingerprint density at radius 2 is 2.04 bits per heavy atom. The van der Waals surface area contributed by atoms with Crippen molar-refractivity contribution in [2.24, 2.45) is 11.8 Å². The number of para-hydroxylation sites is 1. The van der Waals surface area contributed by atoms with Gasteiger partial charge in [0.25, 0.3) is 0 Å². The van der Waals surface area contributed by atoms with Crippen LogP contribution in [-0.2, 0) is 9.53 Å². The Hall–Kier alpha value is -2.49. The summed E-state index contributed by atoms with van der Waals surface area (Å²) < 4.78 is 11.9. The fraction of sp³-hybridized carbons (Fsp3) is 0.435. The van der Waals surface area contributed by atoms with Crippen molar-refractivity contribution >= 4 is 5.97 Å². The average Bonchev–Trinajstić information content (AvgIpc) is 3.48. The Balaban J connectivity index is 1.27. The summed E-state index contributed by atoms with van der Waals surface area (Å²) in [6, 6.07) is 10.1. The van der Waals surface area contributed by atoms with Gasteiger partial charge >= 0.3 is 5.97 Å². The molecule has 1 N–H and O–H groups in total. The summed E-state index contributed by atoms with van der Waals surface area (Å²) in [5, 5.41) is 8.92. The van der Waals surface area contributed by atoms with Gasteiger partial charge in [-0.1, -0.05) is 30.4 Å². The van der Waals surface area contributed by atoms with Crippen LogP contribution < -0.4 is 4.74 Å². The lowest BCUT2D eigenvalue weighted by molar-refractivity contribution is -0.138. The zero-order chi connectivity index (χ0) is 18.6. The first-order chi connectivity index (χ1) is 13.2. The highest BCUT2D eigenvalue weighted by Gasteiger charge is 2.37. The Morgan fingerprint density at radius 1 is 1.19 bits per heavy atom. The molecule has 27 heavy (non-hydrogen) atoms. The number of carbonyl (C=O) groups is 1. The van der Waals surface area contributed by atoms with E-state index in [0.717, 1.165) is 30.6 Å². The smallest absolute Gasteiger partial charge is 0.311 e. The van der Waals surface area contributed by atoms with E-state index >= 15 is 0 Å². The van der Waals surface area contributed by atoms with Gasteiger partial charge in [0, 0.05) is 6.42 Å². The monoisotopic (exact) mass is 366 g/mol. The van der Waals surface area contributed by atoms with E-state index in [9.17, 15) is 4.79 Å². The van der Waals surface area contributed by atoms with Crippen LogP contribution in [0.3, 0.4) is 0 Å². The van der Waals surface area contributed by atoms with Gasteiger partial charge < -0.3 is 14.6 Å². The standard InChI is InChI=1S/C23H26O4/c24-23(25)22-14-18(22)15-26-19-11-9-16(10-12-19)17-5-4-8-21(13-17)27-20-6-2-1-3-7-20/h1-3,6-7,9-11,15,17,19,21-22H,4-5,8,12-14H2,(H,24,25)/b18-15+/t17-,19?,21+,22+/m1/s1. The van der Waals surface area contributed by atoms with Crippen LogP contribution in [0.2, 0.25) is 0 Å². The largest absolute Gasteiger partial charge is 0.494 e. The summed E-state index contributed by atoms with van der Waals surface area (Å²) in [6.45, 7) is 0. The summed E-state index contributed by atoms with van der Waals surface area (Å²) in [4.78, 5) is 10.9. The number of carboxylic acid groups (broad SMARTS) is 1. The SMILES string of the molecule is O=C(O)[C@H]1C/C1=C\OC1C=CC([C@@H]2CCC[C@H](Oc3ccccc3)C2)=CC1. The van der Waals surface area contributed by atoms with Gasteiger partial charge in [-0.05, 0) is 67.4 Å². The molecule has 4 rings (SSSR count). The lowest BCUT2D eigenvalue weighted by Gasteiger charge is -2.31. The molecule has 1 unspecified atom stereocenters. The fourth-order valence-electron chi connectivity index (χ4n) is 3.99. The van der Waals surface area contributed by atoms with E-state index in [2.05, 4.69) is 18.2 Å². The van der Waals surface area contributed by atoms with E-state index in [1.807, 2.05) is 30.3 Å². The summed E-state index contributed by atoms with van der Waals surface area (Å²) in [5.41, 5.74) is 2.28. The van der Waals surface area contributed by atoms with Gasteiger partial charge in [-0.25, -0.2) is 0 Å². The number of carboxylic acids is 1. The van der Waals surface area contributed by atoms with Gasteiger partial charge in [0.15, 0.2) is 0 Å². The molecule has 2 saturated carbocycles. The molecular formula is C23H26O4. The quantitative estimate of drug-likeness (QED) is 0.729. The van der Waals surface area contributed by atoms with Crippen LogP contribution in [-0.4, -0.2) is 23.3 Å². The molecule has 0 bridgehead atoms. The second-order valence-corrected chi connectivity index (χ2v) is 7.68. The van der Waals surface area contributed by atoms with Crippen LogP contribution in [0, 0.1) is 11.8 Å². The zero-order valence-corrected chi connectivity index (χ0v) is 15.4. The average molecular weight is 366 g/mol. The second-order valence-electron chi connectivity index (χ2n) is 7.68. The highest BCUT2D eigenvalue weighted by molar-refractivity contribution is 5.78. The van der Waals surface area contributed by atoms with Gasteiger partial charge in [-0.15, -0.1) is 0 Å². The van der Waals surface area contributed by atoms with Gasteiger partial charge in [0.1, 0.15) is 11.9 Å². The first-order valence-electron chi connectivity index (χ1n) is 9.86. The van der Waals surface area contributed by atoms with Gasteiger partial charge in [0.2, 0.25) is 0 Å². The van der Waals surface area contributed by atoms with Crippen molar-refractivity contribution in [3.05, 3.63) is 66.0 Å². The molecule has 0 radical (unpaired) electrons. The highest BCUT2D eigenvalue weighted by atomic mass is 16.5. The molecule has 0 heterocycles. The number of allylic oxidation sites excluding steroid dienone is 2. The van der Waals surface area contributed by atoms with Crippen molar-refractivity contribution in [3.8, 4) is 5.75 Å². The molecule has 0 saturated heterocycles. The third kappa shape index (κ3) is 4.62. The molecule has 1 aromatic carbocycles. The van der Waals surface area contributed by atoms with Crippen LogP contribution in [0.15, 0.2) is 66.0 Å². The van der Waals surface area contributed by atoms with Crippen LogP contribution in [0.25, 0.3) is 0 Å². The van der Waals surface area contributed by atoms with Crippen molar-refractivity contribution in [3.63, 3.8) is 0 Å². The van der Waals surface area contributed by atoms with E-state index in [1.54, 1.807) is 6.26 Å². The fourth-order valence-corrected chi connectivity index (χ4v) is 3.99. The number of rotatable bonds is 6. The lowest BCUT2D eigenvalue weighted by atomic mass is 9.80. The maximum atomic E-state index is 10.9. The number of ether oxygens (including phenoxy) is 2. The van der Waals surface area contributed by atoms with E-state index in [0.29, 0.717) is 12.3 Å². The van der Waals surface area contributed by atoms with Crippen LogP contribution in [0.5, 0.6) is 5.75 Å². The topological polar surface area (TPSA) is 55.8 Å². The van der Waals surface area contributed by atoms with Crippen LogP contribution in [0.1, 0.15) is 38.5 Å². The molecule has 142 valence electrons. The molecule has 2 fully saturated rings.